The number of esters is 1. The minimum Gasteiger partial charge on any atom is -0.458 e. The molecule has 0 aliphatic carbocycles. The Morgan fingerprint density at radius 1 is 1.04 bits per heavy atom. The van der Waals surface area contributed by atoms with Gasteiger partial charge >= 0.3 is 12.1 Å². The highest BCUT2D eigenvalue weighted by Gasteiger charge is 2.51. The van der Waals surface area contributed by atoms with Gasteiger partial charge < -0.3 is 14.6 Å². The molecule has 1 N–H and O–H groups in total. The van der Waals surface area contributed by atoms with Gasteiger partial charge in [0.1, 0.15) is 22.8 Å². The van der Waals surface area contributed by atoms with Crippen LogP contribution in [0.3, 0.4) is 0 Å². The van der Waals surface area contributed by atoms with E-state index in [1.165, 1.54) is 4.90 Å². The van der Waals surface area contributed by atoms with Gasteiger partial charge in [0.15, 0.2) is 0 Å². The minimum absolute atomic E-state index is 0.0319. The summed E-state index contributed by atoms with van der Waals surface area (Å²) in [5.41, 5.74) is -2.08. The van der Waals surface area contributed by atoms with Crippen molar-refractivity contribution in [1.29, 1.82) is 0 Å². The third-order valence-corrected chi connectivity index (χ3v) is 3.96. The summed E-state index contributed by atoms with van der Waals surface area (Å²) in [6.07, 6.45) is -0.578. The van der Waals surface area contributed by atoms with Gasteiger partial charge in [-0.05, 0) is 47.1 Å². The Morgan fingerprint density at radius 2 is 1.58 bits per heavy atom. The number of hydrogen-bond donors (Lipinski definition) is 1. The molecule has 0 radical (unpaired) electrons. The first kappa shape index (κ1) is 20.2. The average Bonchev–Trinajstić information content (AvgIpc) is 2.85. The molecule has 6 heteroatoms. The van der Waals surface area contributed by atoms with Crippen LogP contribution >= 0.6 is 0 Å². The molecule has 6 nitrogen and oxygen atoms in total. The van der Waals surface area contributed by atoms with Crippen molar-refractivity contribution in [3.63, 3.8) is 0 Å². The van der Waals surface area contributed by atoms with Crippen LogP contribution < -0.4 is 0 Å². The molecule has 1 heterocycles. The van der Waals surface area contributed by atoms with Gasteiger partial charge in [-0.15, -0.1) is 0 Å². The summed E-state index contributed by atoms with van der Waals surface area (Å²) >= 11 is 0. The van der Waals surface area contributed by atoms with E-state index in [2.05, 4.69) is 0 Å². The quantitative estimate of drug-likeness (QED) is 0.817. The number of rotatable bonds is 2. The molecule has 144 valence electrons. The van der Waals surface area contributed by atoms with Crippen molar-refractivity contribution in [3.05, 3.63) is 35.9 Å². The summed E-state index contributed by atoms with van der Waals surface area (Å²) in [5, 5.41) is 11.1. The van der Waals surface area contributed by atoms with Gasteiger partial charge in [-0.2, -0.15) is 0 Å². The van der Waals surface area contributed by atoms with Gasteiger partial charge in [0, 0.05) is 6.42 Å². The van der Waals surface area contributed by atoms with Gasteiger partial charge in [-0.1, -0.05) is 30.3 Å². The molecule has 2 atom stereocenters. The highest BCUT2D eigenvalue weighted by molar-refractivity contribution is 5.83. The first-order valence-corrected chi connectivity index (χ1v) is 8.81. The Hall–Kier alpha value is -2.08. The molecule has 1 fully saturated rings. The maximum Gasteiger partial charge on any atom is 0.411 e. The van der Waals surface area contributed by atoms with Gasteiger partial charge in [-0.3, -0.25) is 4.90 Å². The summed E-state index contributed by atoms with van der Waals surface area (Å²) < 4.78 is 10.9. The van der Waals surface area contributed by atoms with E-state index in [1.807, 2.05) is 18.2 Å². The van der Waals surface area contributed by atoms with Crippen molar-refractivity contribution < 1.29 is 24.2 Å². The lowest BCUT2D eigenvalue weighted by Crippen LogP contribution is -2.45. The van der Waals surface area contributed by atoms with Crippen LogP contribution in [0.25, 0.3) is 0 Å². The lowest BCUT2D eigenvalue weighted by atomic mass is 9.91. The lowest BCUT2D eigenvalue weighted by Gasteiger charge is -2.29. The molecule has 0 unspecified atom stereocenters. The van der Waals surface area contributed by atoms with Crippen molar-refractivity contribution in [2.75, 3.05) is 6.54 Å². The summed E-state index contributed by atoms with van der Waals surface area (Å²) in [6.45, 7) is 10.5. The van der Waals surface area contributed by atoms with Crippen molar-refractivity contribution in [1.82, 2.24) is 4.90 Å². The van der Waals surface area contributed by atoms with E-state index in [1.54, 1.807) is 53.7 Å². The number of carbonyl (C=O) groups excluding carboxylic acids is 2. The minimum atomic E-state index is -1.33. The number of benzene rings is 1. The predicted octanol–water partition coefficient (Wildman–Crippen LogP) is 3.23. The molecule has 0 aromatic heterocycles. The Balaban J connectivity index is 2.32. The van der Waals surface area contributed by atoms with Crippen LogP contribution in [0.4, 0.5) is 4.79 Å². The number of aliphatic hydroxyl groups is 1. The summed E-state index contributed by atoms with van der Waals surface area (Å²) in [7, 11) is 0. The molecular weight excluding hydrogens is 334 g/mol. The highest BCUT2D eigenvalue weighted by Crippen LogP contribution is 2.37. The van der Waals surface area contributed by atoms with Crippen LogP contribution in [0.2, 0.25) is 0 Å². The predicted molar refractivity (Wildman–Crippen MR) is 97.5 cm³/mol. The number of β-amino-alcohol motifs (C(OH)–C–C–N with tert-alkyl or cyclic N) is 1. The molecule has 0 saturated carbocycles. The summed E-state index contributed by atoms with van der Waals surface area (Å²) in [6, 6.07) is 8.13. The zero-order valence-electron chi connectivity index (χ0n) is 16.4. The third kappa shape index (κ3) is 4.97. The molecule has 1 aliphatic rings. The highest BCUT2D eigenvalue weighted by atomic mass is 16.6. The summed E-state index contributed by atoms with van der Waals surface area (Å²) in [5.74, 6) is -0.546. The largest absolute Gasteiger partial charge is 0.458 e. The van der Waals surface area contributed by atoms with Crippen molar-refractivity contribution in [3.8, 4) is 0 Å². The van der Waals surface area contributed by atoms with Crippen molar-refractivity contribution >= 4 is 12.1 Å². The monoisotopic (exact) mass is 363 g/mol. The van der Waals surface area contributed by atoms with Crippen molar-refractivity contribution in [2.45, 2.75) is 70.8 Å². The first-order chi connectivity index (χ1) is 11.8. The average molecular weight is 363 g/mol. The number of hydrogen-bond acceptors (Lipinski definition) is 5. The molecule has 1 amide bonds. The van der Waals surface area contributed by atoms with E-state index >= 15 is 0 Å². The Bertz CT molecular complexity index is 621. The fourth-order valence-corrected chi connectivity index (χ4v) is 2.94. The zero-order chi connectivity index (χ0) is 19.8. The smallest absolute Gasteiger partial charge is 0.411 e. The Labute approximate surface area is 155 Å². The molecule has 26 heavy (non-hydrogen) atoms. The number of ether oxygens (including phenoxy) is 2. The zero-order valence-corrected chi connectivity index (χ0v) is 16.4. The molecule has 1 saturated heterocycles. The molecule has 1 aliphatic heterocycles. The SMILES string of the molecule is CC(C)(C)OC(=O)[C@H]1C[C@](O)(c2ccccc2)CN1C(=O)OC(C)(C)C. The fourth-order valence-electron chi connectivity index (χ4n) is 2.94. The number of carbonyl (C=O) groups is 2. The topological polar surface area (TPSA) is 76.1 Å². The van der Waals surface area contributed by atoms with E-state index in [0.29, 0.717) is 5.56 Å². The molecule has 2 rings (SSSR count). The molecular formula is C20H29NO5. The van der Waals surface area contributed by atoms with Crippen LogP contribution in [0.15, 0.2) is 30.3 Å². The third-order valence-electron chi connectivity index (χ3n) is 3.96. The maximum absolute atomic E-state index is 12.7. The molecule has 0 spiro atoms. The maximum atomic E-state index is 12.7. The lowest BCUT2D eigenvalue weighted by molar-refractivity contribution is -0.160. The van der Waals surface area contributed by atoms with Crippen LogP contribution in [0.1, 0.15) is 53.5 Å². The van der Waals surface area contributed by atoms with Gasteiger partial charge in [0.2, 0.25) is 0 Å². The normalized spacial score (nSPS) is 23.7. The first-order valence-electron chi connectivity index (χ1n) is 8.81. The van der Waals surface area contributed by atoms with Crippen LogP contribution in [0.5, 0.6) is 0 Å². The van der Waals surface area contributed by atoms with Gasteiger partial charge in [-0.25, -0.2) is 9.59 Å². The van der Waals surface area contributed by atoms with Crippen molar-refractivity contribution in [2.24, 2.45) is 0 Å². The van der Waals surface area contributed by atoms with Crippen LogP contribution in [-0.4, -0.2) is 45.9 Å². The second kappa shape index (κ2) is 6.91. The van der Waals surface area contributed by atoms with Gasteiger partial charge in [0.25, 0.3) is 0 Å². The van der Waals surface area contributed by atoms with Gasteiger partial charge in [0.05, 0.1) is 6.54 Å². The van der Waals surface area contributed by atoms with E-state index in [0.717, 1.165) is 0 Å². The fraction of sp³-hybridized carbons (Fsp3) is 0.600. The number of nitrogens with zero attached hydrogens (tertiary/aromatic N) is 1. The Morgan fingerprint density at radius 3 is 2.08 bits per heavy atom. The standard InChI is InChI=1S/C20H29NO5/c1-18(2,3)25-16(22)15-12-20(24,14-10-8-7-9-11-14)13-21(15)17(23)26-19(4,5)6/h7-11,15,24H,12-13H2,1-6H3/t15-,20-/m1/s1. The van der Waals surface area contributed by atoms with Crippen LogP contribution in [-0.2, 0) is 19.9 Å². The molecule has 1 aromatic rings. The van der Waals surface area contributed by atoms with E-state index < -0.39 is 34.9 Å². The molecule has 1 aromatic carbocycles. The van der Waals surface area contributed by atoms with E-state index in [-0.39, 0.29) is 13.0 Å². The number of amides is 1. The van der Waals surface area contributed by atoms with E-state index in [4.69, 9.17) is 9.47 Å². The summed E-state index contributed by atoms with van der Waals surface area (Å²) in [4.78, 5) is 26.6. The second-order valence-electron chi connectivity index (χ2n) is 8.76. The van der Waals surface area contributed by atoms with E-state index in [9.17, 15) is 14.7 Å². The molecule has 0 bridgehead atoms. The van der Waals surface area contributed by atoms with Crippen LogP contribution in [0, 0.1) is 0 Å². The number of likely N-dealkylation sites (tertiary alicyclic amines) is 1. The second-order valence-corrected chi connectivity index (χ2v) is 8.76. The Kier molecular flexibility index (Phi) is 5.38.